The summed E-state index contributed by atoms with van der Waals surface area (Å²) in [6, 6.07) is 14.4. The number of nitrogens with zero attached hydrogens (tertiary/aromatic N) is 2. The van der Waals surface area contributed by atoms with Crippen LogP contribution in [0.4, 0.5) is 5.69 Å². The lowest BCUT2D eigenvalue weighted by atomic mass is 10.1. The number of ether oxygens (including phenoxy) is 1. The second-order valence-corrected chi connectivity index (χ2v) is 5.34. The quantitative estimate of drug-likeness (QED) is 0.555. The van der Waals surface area contributed by atoms with Gasteiger partial charge in [0.15, 0.2) is 0 Å². The first kappa shape index (κ1) is 16.5. The monoisotopic (exact) mass is 336 g/mol. The van der Waals surface area contributed by atoms with Gasteiger partial charge in [0.2, 0.25) is 6.23 Å². The molecule has 0 aliphatic heterocycles. The van der Waals surface area contributed by atoms with E-state index in [1.807, 2.05) is 18.2 Å². The van der Waals surface area contributed by atoms with E-state index in [1.165, 1.54) is 6.92 Å². The van der Waals surface area contributed by atoms with Crippen LogP contribution >= 0.6 is 23.2 Å². The summed E-state index contributed by atoms with van der Waals surface area (Å²) in [6.07, 6.45) is -0.415. The lowest BCUT2D eigenvalue weighted by molar-refractivity contribution is -0.146. The number of carbonyl (C=O) groups excluding carboxylic acids is 1. The summed E-state index contributed by atoms with van der Waals surface area (Å²) >= 11 is 12.1. The zero-order chi connectivity index (χ0) is 15.9. The third-order valence-electron chi connectivity index (χ3n) is 2.80. The standard InChI is InChI=1S/C16H14Cl2N2O2/c1-11(21)22-16(10-12-6-2-3-7-13(12)17)20-19-15-9-5-4-8-14(15)18/h2-9,16H,10H2,1H3. The molecule has 0 aliphatic rings. The Balaban J connectivity index is 2.18. The highest BCUT2D eigenvalue weighted by Crippen LogP contribution is 2.25. The molecule has 0 bridgehead atoms. The molecule has 0 fully saturated rings. The third-order valence-corrected chi connectivity index (χ3v) is 3.49. The summed E-state index contributed by atoms with van der Waals surface area (Å²) in [5.74, 6) is -0.435. The summed E-state index contributed by atoms with van der Waals surface area (Å²) in [6.45, 7) is 1.32. The van der Waals surface area contributed by atoms with Gasteiger partial charge < -0.3 is 4.74 Å². The molecule has 1 atom stereocenters. The van der Waals surface area contributed by atoms with Gasteiger partial charge in [-0.1, -0.05) is 53.5 Å². The molecule has 0 N–H and O–H groups in total. The van der Waals surface area contributed by atoms with Crippen molar-refractivity contribution in [3.05, 3.63) is 64.1 Å². The van der Waals surface area contributed by atoms with E-state index in [9.17, 15) is 4.79 Å². The van der Waals surface area contributed by atoms with Gasteiger partial charge in [-0.15, -0.1) is 5.11 Å². The first-order chi connectivity index (χ1) is 10.6. The highest BCUT2D eigenvalue weighted by atomic mass is 35.5. The van der Waals surface area contributed by atoms with E-state index in [4.69, 9.17) is 27.9 Å². The van der Waals surface area contributed by atoms with E-state index < -0.39 is 12.2 Å². The Bertz CT molecular complexity index is 689. The van der Waals surface area contributed by atoms with Gasteiger partial charge >= 0.3 is 5.97 Å². The van der Waals surface area contributed by atoms with Crippen molar-refractivity contribution in [2.75, 3.05) is 0 Å². The van der Waals surface area contributed by atoms with Crippen molar-refractivity contribution in [2.45, 2.75) is 19.6 Å². The molecular formula is C16H14Cl2N2O2. The van der Waals surface area contributed by atoms with Gasteiger partial charge in [-0.25, -0.2) is 0 Å². The fourth-order valence-corrected chi connectivity index (χ4v) is 2.20. The summed E-state index contributed by atoms with van der Waals surface area (Å²) in [7, 11) is 0. The number of halogens is 2. The van der Waals surface area contributed by atoms with Crippen molar-refractivity contribution < 1.29 is 9.53 Å². The molecule has 114 valence electrons. The Morgan fingerprint density at radius 3 is 2.36 bits per heavy atom. The van der Waals surface area contributed by atoms with E-state index in [-0.39, 0.29) is 0 Å². The van der Waals surface area contributed by atoms with Gasteiger partial charge in [-0.05, 0) is 23.8 Å². The number of hydrogen-bond donors (Lipinski definition) is 0. The molecule has 2 aromatic carbocycles. The van der Waals surface area contributed by atoms with Crippen LogP contribution in [0.25, 0.3) is 0 Å². The first-order valence-corrected chi connectivity index (χ1v) is 7.38. The van der Waals surface area contributed by atoms with Crippen LogP contribution in [-0.4, -0.2) is 12.2 Å². The normalized spacial score (nSPS) is 12.3. The van der Waals surface area contributed by atoms with E-state index in [0.717, 1.165) is 5.56 Å². The van der Waals surface area contributed by atoms with Gasteiger partial charge in [0.25, 0.3) is 0 Å². The van der Waals surface area contributed by atoms with Crippen LogP contribution in [0.15, 0.2) is 58.8 Å². The summed E-state index contributed by atoms with van der Waals surface area (Å²) in [5, 5.41) is 9.20. The number of esters is 1. The second-order valence-electron chi connectivity index (χ2n) is 4.53. The molecule has 0 spiro atoms. The van der Waals surface area contributed by atoms with E-state index in [2.05, 4.69) is 10.2 Å². The highest BCUT2D eigenvalue weighted by molar-refractivity contribution is 6.33. The van der Waals surface area contributed by atoms with Crippen molar-refractivity contribution in [2.24, 2.45) is 10.2 Å². The minimum Gasteiger partial charge on any atom is -0.438 e. The number of carbonyl (C=O) groups is 1. The van der Waals surface area contributed by atoms with E-state index >= 15 is 0 Å². The number of azo groups is 1. The molecule has 0 heterocycles. The smallest absolute Gasteiger partial charge is 0.304 e. The minimum absolute atomic E-state index is 0.340. The van der Waals surface area contributed by atoms with Crippen molar-refractivity contribution in [3.8, 4) is 0 Å². The maximum atomic E-state index is 11.2. The second kappa shape index (κ2) is 7.92. The predicted octanol–water partition coefficient (Wildman–Crippen LogP) is 5.21. The lowest BCUT2D eigenvalue weighted by Gasteiger charge is -2.12. The molecular weight excluding hydrogens is 323 g/mol. The lowest BCUT2D eigenvalue weighted by Crippen LogP contribution is -2.16. The first-order valence-electron chi connectivity index (χ1n) is 6.62. The van der Waals surface area contributed by atoms with Gasteiger partial charge in [-0.3, -0.25) is 4.79 Å². The van der Waals surface area contributed by atoms with Crippen molar-refractivity contribution >= 4 is 34.9 Å². The Morgan fingerprint density at radius 2 is 1.73 bits per heavy atom. The maximum Gasteiger partial charge on any atom is 0.304 e. The minimum atomic E-state index is -0.756. The average molecular weight is 337 g/mol. The van der Waals surface area contributed by atoms with E-state index in [0.29, 0.717) is 22.2 Å². The largest absolute Gasteiger partial charge is 0.438 e. The van der Waals surface area contributed by atoms with Crippen molar-refractivity contribution in [1.82, 2.24) is 0 Å². The summed E-state index contributed by atoms with van der Waals surface area (Å²) in [4.78, 5) is 11.2. The molecule has 22 heavy (non-hydrogen) atoms. The highest BCUT2D eigenvalue weighted by Gasteiger charge is 2.14. The molecule has 6 heteroatoms. The average Bonchev–Trinajstić information content (AvgIpc) is 2.48. The molecule has 2 aromatic rings. The van der Waals surface area contributed by atoms with Crippen LogP contribution in [0, 0.1) is 0 Å². The van der Waals surface area contributed by atoms with Gasteiger partial charge in [0.1, 0.15) is 5.69 Å². The Kier molecular flexibility index (Phi) is 5.92. The van der Waals surface area contributed by atoms with Gasteiger partial charge in [-0.2, -0.15) is 5.11 Å². The molecule has 1 unspecified atom stereocenters. The zero-order valence-electron chi connectivity index (χ0n) is 11.9. The summed E-state index contributed by atoms with van der Waals surface area (Å²) < 4.78 is 5.17. The Morgan fingerprint density at radius 1 is 1.09 bits per heavy atom. The van der Waals surface area contributed by atoms with Crippen LogP contribution in [0.5, 0.6) is 0 Å². The molecule has 0 amide bonds. The van der Waals surface area contributed by atoms with Crippen molar-refractivity contribution in [1.29, 1.82) is 0 Å². The third kappa shape index (κ3) is 4.83. The van der Waals surface area contributed by atoms with E-state index in [1.54, 1.807) is 30.3 Å². The fourth-order valence-electron chi connectivity index (χ4n) is 1.81. The maximum absolute atomic E-state index is 11.2. The SMILES string of the molecule is CC(=O)OC(Cc1ccccc1Cl)N=Nc1ccccc1Cl. The molecule has 0 saturated heterocycles. The van der Waals surface area contributed by atoms with Gasteiger partial charge in [0, 0.05) is 18.4 Å². The molecule has 0 saturated carbocycles. The van der Waals surface area contributed by atoms with Crippen molar-refractivity contribution in [3.63, 3.8) is 0 Å². The number of rotatable bonds is 5. The Labute approximate surface area is 138 Å². The fraction of sp³-hybridized carbons (Fsp3) is 0.188. The van der Waals surface area contributed by atoms with Crippen LogP contribution in [0.2, 0.25) is 10.0 Å². The summed E-state index contributed by atoms with van der Waals surface area (Å²) in [5.41, 5.74) is 1.34. The van der Waals surface area contributed by atoms with Crippen LogP contribution in [0.3, 0.4) is 0 Å². The van der Waals surface area contributed by atoms with Crippen LogP contribution < -0.4 is 0 Å². The van der Waals surface area contributed by atoms with Gasteiger partial charge in [0.05, 0.1) is 5.02 Å². The molecule has 0 aromatic heterocycles. The Hall–Kier alpha value is -1.91. The van der Waals surface area contributed by atoms with Crippen LogP contribution in [-0.2, 0) is 16.0 Å². The predicted molar refractivity (Wildman–Crippen MR) is 86.7 cm³/mol. The zero-order valence-corrected chi connectivity index (χ0v) is 13.4. The number of benzene rings is 2. The molecule has 0 aliphatic carbocycles. The topological polar surface area (TPSA) is 51.0 Å². The molecule has 0 radical (unpaired) electrons. The molecule has 4 nitrogen and oxygen atoms in total. The number of hydrogen-bond acceptors (Lipinski definition) is 4. The van der Waals surface area contributed by atoms with Crippen LogP contribution in [0.1, 0.15) is 12.5 Å². The molecule has 2 rings (SSSR count).